The van der Waals surface area contributed by atoms with Gasteiger partial charge in [-0.05, 0) is 69.2 Å². The number of amides is 3. The summed E-state index contributed by atoms with van der Waals surface area (Å²) in [7, 11) is 1.56. The van der Waals surface area contributed by atoms with Crippen LogP contribution in [0.4, 0.5) is 10.5 Å². The van der Waals surface area contributed by atoms with E-state index in [0.717, 1.165) is 25.7 Å². The zero-order chi connectivity index (χ0) is 28.1. The van der Waals surface area contributed by atoms with Crippen LogP contribution in [-0.2, 0) is 14.3 Å². The van der Waals surface area contributed by atoms with E-state index >= 15 is 0 Å². The van der Waals surface area contributed by atoms with Crippen LogP contribution in [0.1, 0.15) is 71.4 Å². The monoisotopic (exact) mass is 527 g/mol. The van der Waals surface area contributed by atoms with Crippen molar-refractivity contribution in [1.82, 2.24) is 10.2 Å². The summed E-state index contributed by atoms with van der Waals surface area (Å²) >= 11 is 0. The van der Waals surface area contributed by atoms with Gasteiger partial charge in [-0.15, -0.1) is 0 Å². The number of phenols is 1. The minimum absolute atomic E-state index is 0.0213. The summed E-state index contributed by atoms with van der Waals surface area (Å²) in [4.78, 5) is 40.8. The van der Waals surface area contributed by atoms with E-state index in [2.05, 4.69) is 17.6 Å². The maximum absolute atomic E-state index is 13.7. The van der Waals surface area contributed by atoms with Crippen LogP contribution in [0.15, 0.2) is 48.5 Å². The van der Waals surface area contributed by atoms with E-state index in [1.165, 1.54) is 17.0 Å². The number of nitrogens with zero attached hydrogens (tertiary/aromatic N) is 1. The molecular weight excluding hydrogens is 486 g/mol. The molecule has 208 valence electrons. The van der Waals surface area contributed by atoms with Gasteiger partial charge in [0, 0.05) is 12.2 Å². The first kappa shape index (κ1) is 30.5. The summed E-state index contributed by atoms with van der Waals surface area (Å²) in [5.74, 6) is -0.263. The van der Waals surface area contributed by atoms with Gasteiger partial charge < -0.3 is 30.1 Å². The number of nitrogens with one attached hydrogen (secondary N) is 2. The lowest BCUT2D eigenvalue weighted by Crippen LogP contribution is -2.47. The number of rotatable bonds is 13. The van der Waals surface area contributed by atoms with Gasteiger partial charge in [-0.3, -0.25) is 9.59 Å². The topological polar surface area (TPSA) is 117 Å². The van der Waals surface area contributed by atoms with Crippen molar-refractivity contribution in [3.05, 3.63) is 54.1 Å². The number of carbonyl (C=O) groups is 3. The summed E-state index contributed by atoms with van der Waals surface area (Å²) < 4.78 is 10.4. The average molecular weight is 528 g/mol. The number of hydrogen-bond acceptors (Lipinski definition) is 6. The van der Waals surface area contributed by atoms with Crippen LogP contribution < -0.4 is 15.4 Å². The molecule has 3 amide bonds. The maximum atomic E-state index is 13.7. The van der Waals surface area contributed by atoms with Crippen molar-refractivity contribution in [2.24, 2.45) is 0 Å². The number of hydrogen-bond donors (Lipinski definition) is 3. The van der Waals surface area contributed by atoms with Crippen molar-refractivity contribution in [3.8, 4) is 11.5 Å². The van der Waals surface area contributed by atoms with E-state index in [4.69, 9.17) is 9.47 Å². The number of phenolic OH excluding ortho intramolecular Hbond substituents is 1. The fourth-order valence-corrected chi connectivity index (χ4v) is 3.90. The molecule has 0 saturated heterocycles. The van der Waals surface area contributed by atoms with Crippen LogP contribution in [0.3, 0.4) is 0 Å². The lowest BCUT2D eigenvalue weighted by Gasteiger charge is -2.32. The van der Waals surface area contributed by atoms with Gasteiger partial charge in [-0.1, -0.05) is 44.7 Å². The molecule has 0 aliphatic heterocycles. The van der Waals surface area contributed by atoms with Gasteiger partial charge in [-0.25, -0.2) is 4.79 Å². The van der Waals surface area contributed by atoms with Crippen LogP contribution in [0.5, 0.6) is 11.5 Å². The third-order valence-electron chi connectivity index (χ3n) is 5.71. The van der Waals surface area contributed by atoms with Gasteiger partial charge in [-0.2, -0.15) is 0 Å². The highest BCUT2D eigenvalue weighted by atomic mass is 16.6. The van der Waals surface area contributed by atoms with Crippen molar-refractivity contribution >= 4 is 23.6 Å². The molecule has 3 N–H and O–H groups in total. The van der Waals surface area contributed by atoms with Crippen LogP contribution in [0.25, 0.3) is 0 Å². The molecule has 0 bridgehead atoms. The quantitative estimate of drug-likeness (QED) is 0.300. The lowest BCUT2D eigenvalue weighted by atomic mass is 10.0. The normalized spacial score (nSPS) is 11.8. The molecule has 0 aliphatic rings. The highest BCUT2D eigenvalue weighted by molar-refractivity contribution is 5.98. The van der Waals surface area contributed by atoms with Crippen molar-refractivity contribution in [2.45, 2.75) is 71.4 Å². The highest BCUT2D eigenvalue weighted by Gasteiger charge is 2.32. The Labute approximate surface area is 225 Å². The zero-order valence-electron chi connectivity index (χ0n) is 23.1. The molecule has 0 saturated carbocycles. The van der Waals surface area contributed by atoms with Crippen LogP contribution in [0, 0.1) is 0 Å². The second kappa shape index (κ2) is 14.9. The van der Waals surface area contributed by atoms with E-state index in [1.54, 1.807) is 64.3 Å². The predicted molar refractivity (Wildman–Crippen MR) is 147 cm³/mol. The predicted octanol–water partition coefficient (Wildman–Crippen LogP) is 5.40. The summed E-state index contributed by atoms with van der Waals surface area (Å²) in [5, 5.41) is 15.5. The van der Waals surface area contributed by atoms with Gasteiger partial charge >= 0.3 is 6.09 Å². The Bertz CT molecular complexity index is 1050. The van der Waals surface area contributed by atoms with Crippen LogP contribution in [0.2, 0.25) is 0 Å². The first-order valence-corrected chi connectivity index (χ1v) is 13.0. The fourth-order valence-electron chi connectivity index (χ4n) is 3.90. The Morgan fingerprint density at radius 3 is 2.29 bits per heavy atom. The van der Waals surface area contributed by atoms with E-state index in [1.807, 2.05) is 0 Å². The zero-order valence-corrected chi connectivity index (χ0v) is 23.1. The standard InChI is InChI=1S/C29H41N3O6/c1-6-7-8-9-10-18-32(25(34)20-30-28(36)38-29(2,3)4)26(21-12-11-13-23(33)19-21)27(35)31-22-14-16-24(37-5)17-15-22/h11-17,19,26,33H,6-10,18,20H2,1-5H3,(H,30,36)(H,31,35). The number of methoxy groups -OCH3 is 1. The molecule has 0 aromatic heterocycles. The summed E-state index contributed by atoms with van der Waals surface area (Å²) in [5.41, 5.74) is 0.271. The van der Waals surface area contributed by atoms with Crippen LogP contribution >= 0.6 is 0 Å². The summed E-state index contributed by atoms with van der Waals surface area (Å²) in [6.45, 7) is 7.29. The van der Waals surface area contributed by atoms with Gasteiger partial charge in [0.15, 0.2) is 0 Å². The van der Waals surface area contributed by atoms with E-state index in [-0.39, 0.29) is 12.3 Å². The molecule has 2 aromatic carbocycles. The number of benzene rings is 2. The Morgan fingerprint density at radius 2 is 1.68 bits per heavy atom. The molecule has 9 heteroatoms. The number of anilines is 1. The van der Waals surface area contributed by atoms with Crippen molar-refractivity contribution in [2.75, 3.05) is 25.5 Å². The first-order valence-electron chi connectivity index (χ1n) is 13.0. The van der Waals surface area contributed by atoms with Gasteiger partial charge in [0.05, 0.1) is 7.11 Å². The molecule has 38 heavy (non-hydrogen) atoms. The van der Waals surface area contributed by atoms with Crippen molar-refractivity contribution < 1.29 is 29.0 Å². The third kappa shape index (κ3) is 10.3. The average Bonchev–Trinajstić information content (AvgIpc) is 2.86. The second-order valence-electron chi connectivity index (χ2n) is 10.1. The molecule has 1 atom stereocenters. The lowest BCUT2D eigenvalue weighted by molar-refractivity contribution is -0.138. The molecule has 0 spiro atoms. The molecule has 0 fully saturated rings. The SMILES string of the molecule is CCCCCCCN(C(=O)CNC(=O)OC(C)(C)C)C(C(=O)Nc1ccc(OC)cc1)c1cccc(O)c1. The number of ether oxygens (including phenoxy) is 2. The number of unbranched alkanes of at least 4 members (excludes halogenated alkanes) is 4. The van der Waals surface area contributed by atoms with Gasteiger partial charge in [0.2, 0.25) is 5.91 Å². The molecule has 1 unspecified atom stereocenters. The first-order chi connectivity index (χ1) is 18.0. The Kier molecular flexibility index (Phi) is 11.9. The molecule has 2 aromatic rings. The molecule has 2 rings (SSSR count). The largest absolute Gasteiger partial charge is 0.508 e. The van der Waals surface area contributed by atoms with Crippen molar-refractivity contribution in [1.29, 1.82) is 0 Å². The Morgan fingerprint density at radius 1 is 1.00 bits per heavy atom. The Hall–Kier alpha value is -3.75. The second-order valence-corrected chi connectivity index (χ2v) is 10.1. The van der Waals surface area contributed by atoms with E-state index in [9.17, 15) is 19.5 Å². The van der Waals surface area contributed by atoms with Gasteiger partial charge in [0.25, 0.3) is 5.91 Å². The molecule has 0 heterocycles. The van der Waals surface area contributed by atoms with E-state index in [0.29, 0.717) is 30.0 Å². The number of alkyl carbamates (subject to hydrolysis) is 1. The van der Waals surface area contributed by atoms with Gasteiger partial charge in [0.1, 0.15) is 29.7 Å². The summed E-state index contributed by atoms with van der Waals surface area (Å²) in [6.07, 6.45) is 4.04. The van der Waals surface area contributed by atoms with Crippen LogP contribution in [-0.4, -0.2) is 53.7 Å². The summed E-state index contributed by atoms with van der Waals surface area (Å²) in [6, 6.07) is 12.1. The third-order valence-corrected chi connectivity index (χ3v) is 5.71. The fraction of sp³-hybridized carbons (Fsp3) is 0.483. The molecular formula is C29H41N3O6. The number of carbonyl (C=O) groups excluding carboxylic acids is 3. The molecule has 0 radical (unpaired) electrons. The minimum atomic E-state index is -1.04. The minimum Gasteiger partial charge on any atom is -0.508 e. The Balaban J connectivity index is 2.33. The molecule has 9 nitrogen and oxygen atoms in total. The smallest absolute Gasteiger partial charge is 0.408 e. The maximum Gasteiger partial charge on any atom is 0.408 e. The highest BCUT2D eigenvalue weighted by Crippen LogP contribution is 2.27. The molecule has 0 aliphatic carbocycles. The van der Waals surface area contributed by atoms with E-state index < -0.39 is 29.6 Å². The number of aromatic hydroxyl groups is 1. The van der Waals surface area contributed by atoms with Crippen molar-refractivity contribution in [3.63, 3.8) is 0 Å².